The van der Waals surface area contributed by atoms with E-state index >= 15 is 0 Å². The summed E-state index contributed by atoms with van der Waals surface area (Å²) in [6.45, 7) is -0.129. The smallest absolute Gasteiger partial charge is 0.348 e. The highest BCUT2D eigenvalue weighted by atomic mass is 32.1. The van der Waals surface area contributed by atoms with Crippen molar-refractivity contribution in [2.75, 3.05) is 0 Å². The van der Waals surface area contributed by atoms with Crippen molar-refractivity contribution in [1.82, 2.24) is 9.38 Å². The molecule has 0 aliphatic carbocycles. The third-order valence-electron chi connectivity index (χ3n) is 3.68. The third kappa shape index (κ3) is 2.89. The van der Waals surface area contributed by atoms with Crippen LogP contribution in [0.1, 0.15) is 15.4 Å². The number of esters is 1. The quantitative estimate of drug-likeness (QED) is 0.529. The third-order valence-corrected chi connectivity index (χ3v) is 4.76. The first-order valence-corrected chi connectivity index (χ1v) is 8.26. The number of thiophene rings is 1. The Morgan fingerprint density at radius 3 is 2.92 bits per heavy atom. The van der Waals surface area contributed by atoms with E-state index in [0.717, 1.165) is 11.3 Å². The average molecular weight is 354 g/mol. The molecule has 4 aromatic rings. The van der Waals surface area contributed by atoms with Crippen LogP contribution < -0.4 is 5.56 Å². The summed E-state index contributed by atoms with van der Waals surface area (Å²) in [4.78, 5) is 28.8. The van der Waals surface area contributed by atoms with Gasteiger partial charge in [-0.25, -0.2) is 14.2 Å². The van der Waals surface area contributed by atoms with Crippen molar-refractivity contribution in [2.24, 2.45) is 0 Å². The highest BCUT2D eigenvalue weighted by Crippen LogP contribution is 2.28. The number of benzene rings is 1. The lowest BCUT2D eigenvalue weighted by atomic mass is 10.2. The van der Waals surface area contributed by atoms with Crippen LogP contribution >= 0.6 is 11.3 Å². The molecular weight excluding hydrogens is 343 g/mol. The number of hydrogen-bond acceptors (Lipinski definition) is 5. The Labute approximate surface area is 144 Å². The van der Waals surface area contributed by atoms with Gasteiger partial charge in [-0.1, -0.05) is 12.1 Å². The molecule has 0 radical (unpaired) electrons. The molecule has 25 heavy (non-hydrogen) atoms. The van der Waals surface area contributed by atoms with Crippen molar-refractivity contribution >= 4 is 33.0 Å². The summed E-state index contributed by atoms with van der Waals surface area (Å²) < 4.78 is 21.0. The molecular formula is C18H11FN2O3S. The molecule has 124 valence electrons. The molecule has 0 unspecified atom stereocenters. The van der Waals surface area contributed by atoms with E-state index in [4.69, 9.17) is 4.74 Å². The minimum absolute atomic E-state index is 0.129. The number of pyridine rings is 1. The summed E-state index contributed by atoms with van der Waals surface area (Å²) >= 11 is 1.16. The lowest BCUT2D eigenvalue weighted by molar-refractivity contribution is 0.0473. The maximum Gasteiger partial charge on any atom is 0.348 e. The van der Waals surface area contributed by atoms with Crippen LogP contribution in [0.2, 0.25) is 0 Å². The van der Waals surface area contributed by atoms with E-state index in [1.54, 1.807) is 36.5 Å². The van der Waals surface area contributed by atoms with E-state index < -0.39 is 5.97 Å². The molecule has 1 aromatic carbocycles. The van der Waals surface area contributed by atoms with E-state index in [-0.39, 0.29) is 18.0 Å². The van der Waals surface area contributed by atoms with Crippen molar-refractivity contribution in [3.63, 3.8) is 0 Å². The van der Waals surface area contributed by atoms with Crippen molar-refractivity contribution in [3.05, 3.63) is 81.5 Å². The molecule has 0 amide bonds. The molecule has 0 spiro atoms. The largest absolute Gasteiger partial charge is 0.455 e. The predicted octanol–water partition coefficient (Wildman–Crippen LogP) is 3.41. The maximum atomic E-state index is 13.7. The van der Waals surface area contributed by atoms with Crippen molar-refractivity contribution < 1.29 is 13.9 Å². The molecule has 7 heteroatoms. The zero-order valence-electron chi connectivity index (χ0n) is 12.8. The van der Waals surface area contributed by atoms with E-state index in [1.807, 2.05) is 0 Å². The van der Waals surface area contributed by atoms with Crippen LogP contribution in [0.3, 0.4) is 0 Å². The Kier molecular flexibility index (Phi) is 3.77. The highest BCUT2D eigenvalue weighted by molar-refractivity contribution is 7.20. The summed E-state index contributed by atoms with van der Waals surface area (Å²) in [5.41, 5.74) is 0.586. The molecule has 0 atom stereocenters. The molecule has 4 rings (SSSR count). The van der Waals surface area contributed by atoms with Crippen molar-refractivity contribution in [1.29, 1.82) is 0 Å². The number of hydrogen-bond donors (Lipinski definition) is 0. The topological polar surface area (TPSA) is 60.7 Å². The zero-order chi connectivity index (χ0) is 17.4. The van der Waals surface area contributed by atoms with Crippen LogP contribution in [0, 0.1) is 5.82 Å². The van der Waals surface area contributed by atoms with Crippen LogP contribution in [0.25, 0.3) is 15.7 Å². The van der Waals surface area contributed by atoms with E-state index in [9.17, 15) is 14.0 Å². The van der Waals surface area contributed by atoms with Crippen LogP contribution in [-0.4, -0.2) is 15.4 Å². The molecule has 0 bridgehead atoms. The van der Waals surface area contributed by atoms with Gasteiger partial charge >= 0.3 is 5.97 Å². The normalized spacial score (nSPS) is 11.1. The van der Waals surface area contributed by atoms with Crippen LogP contribution in [-0.2, 0) is 11.3 Å². The summed E-state index contributed by atoms with van der Waals surface area (Å²) in [5, 5.41) is 0.390. The van der Waals surface area contributed by atoms with Gasteiger partial charge in [-0.05, 0) is 30.3 Å². The number of carbonyl (C=O) groups is 1. The van der Waals surface area contributed by atoms with Crippen LogP contribution in [0.5, 0.6) is 0 Å². The summed E-state index contributed by atoms with van der Waals surface area (Å²) in [5.74, 6) is -0.951. The Hall–Kier alpha value is -3.06. The second-order valence-electron chi connectivity index (χ2n) is 5.35. The SMILES string of the molecule is O=C(OCc1cc(=O)n2ccccc2n1)c1cc2c(F)cccc2s1. The first-order chi connectivity index (χ1) is 12.1. The number of aromatic nitrogens is 2. The fraction of sp³-hybridized carbons (Fsp3) is 0.0556. The number of nitrogens with zero attached hydrogens (tertiary/aromatic N) is 2. The van der Waals surface area contributed by atoms with Gasteiger partial charge < -0.3 is 4.74 Å². The molecule has 0 saturated carbocycles. The van der Waals surface area contributed by atoms with Gasteiger partial charge in [0, 0.05) is 22.3 Å². The lowest BCUT2D eigenvalue weighted by Gasteiger charge is -2.04. The van der Waals surface area contributed by atoms with E-state index in [0.29, 0.717) is 26.3 Å². The van der Waals surface area contributed by atoms with E-state index in [2.05, 4.69) is 4.98 Å². The second-order valence-corrected chi connectivity index (χ2v) is 6.44. The van der Waals surface area contributed by atoms with Gasteiger partial charge in [0.2, 0.25) is 0 Å². The first-order valence-electron chi connectivity index (χ1n) is 7.44. The zero-order valence-corrected chi connectivity index (χ0v) is 13.6. The Morgan fingerprint density at radius 1 is 1.20 bits per heavy atom. The molecule has 0 N–H and O–H groups in total. The van der Waals surface area contributed by atoms with Crippen LogP contribution in [0.4, 0.5) is 4.39 Å². The first kappa shape index (κ1) is 15.5. The Bertz CT molecular complexity index is 1170. The van der Waals surface area contributed by atoms with Gasteiger partial charge in [-0.15, -0.1) is 11.3 Å². The Balaban J connectivity index is 1.57. The van der Waals surface area contributed by atoms with Gasteiger partial charge in [0.1, 0.15) is 22.9 Å². The minimum atomic E-state index is -0.573. The average Bonchev–Trinajstić information content (AvgIpc) is 3.06. The van der Waals surface area contributed by atoms with Gasteiger partial charge in [-0.2, -0.15) is 0 Å². The summed E-state index contributed by atoms with van der Waals surface area (Å²) in [6, 6.07) is 12.7. The van der Waals surface area contributed by atoms with Gasteiger partial charge in [0.15, 0.2) is 0 Å². The van der Waals surface area contributed by atoms with Crippen molar-refractivity contribution in [3.8, 4) is 0 Å². The number of halogens is 1. The molecule has 0 aliphatic rings. The molecule has 0 saturated heterocycles. The van der Waals surface area contributed by atoms with Gasteiger partial charge in [0.05, 0.1) is 5.69 Å². The van der Waals surface area contributed by atoms with E-state index in [1.165, 1.54) is 22.6 Å². The maximum absolute atomic E-state index is 13.7. The summed E-state index contributed by atoms with van der Waals surface area (Å²) in [6.07, 6.45) is 1.62. The summed E-state index contributed by atoms with van der Waals surface area (Å²) in [7, 11) is 0. The Morgan fingerprint density at radius 2 is 2.08 bits per heavy atom. The molecule has 3 heterocycles. The highest BCUT2D eigenvalue weighted by Gasteiger charge is 2.14. The van der Waals surface area contributed by atoms with Crippen molar-refractivity contribution in [2.45, 2.75) is 6.61 Å². The number of fused-ring (bicyclic) bond motifs is 2. The molecule has 0 aliphatic heterocycles. The molecule has 3 aromatic heterocycles. The van der Waals surface area contributed by atoms with Gasteiger partial charge in [0.25, 0.3) is 5.56 Å². The predicted molar refractivity (Wildman–Crippen MR) is 92.4 cm³/mol. The fourth-order valence-electron chi connectivity index (χ4n) is 2.51. The molecule has 5 nitrogen and oxygen atoms in total. The lowest BCUT2D eigenvalue weighted by Crippen LogP contribution is -2.16. The van der Waals surface area contributed by atoms with Gasteiger partial charge in [-0.3, -0.25) is 9.20 Å². The minimum Gasteiger partial charge on any atom is -0.455 e. The fourth-order valence-corrected chi connectivity index (χ4v) is 3.48. The number of carbonyl (C=O) groups excluding carboxylic acids is 1. The number of rotatable bonds is 3. The number of ether oxygens (including phenoxy) is 1. The standard InChI is InChI=1S/C18H11FN2O3S/c19-13-4-3-5-14-12(13)9-15(25-14)18(23)24-10-11-8-17(22)21-7-2-1-6-16(21)20-11/h1-9H,10H2. The van der Waals surface area contributed by atoms with Crippen LogP contribution in [0.15, 0.2) is 59.5 Å². The second kappa shape index (κ2) is 6.10. The monoisotopic (exact) mass is 354 g/mol. The molecule has 0 fully saturated rings.